The van der Waals surface area contributed by atoms with Crippen molar-refractivity contribution in [3.63, 3.8) is 0 Å². The average Bonchev–Trinajstić information content (AvgIpc) is 2.79. The predicted molar refractivity (Wildman–Crippen MR) is 120 cm³/mol. The number of benzene rings is 2. The van der Waals surface area contributed by atoms with Gasteiger partial charge in [-0.3, -0.25) is 4.79 Å². The Kier molecular flexibility index (Phi) is 6.12. The van der Waals surface area contributed by atoms with E-state index in [2.05, 4.69) is 28.2 Å². The maximum Gasteiger partial charge on any atom is 0.258 e. The lowest BCUT2D eigenvalue weighted by Gasteiger charge is -2.33. The summed E-state index contributed by atoms with van der Waals surface area (Å²) < 4.78 is 5.80. The minimum atomic E-state index is -0.105. The molecule has 3 aromatic rings. The van der Waals surface area contributed by atoms with Crippen molar-refractivity contribution in [1.29, 1.82) is 0 Å². The lowest BCUT2D eigenvalue weighted by atomic mass is 9.96. The standard InChI is InChI=1S/C24H28N4O2/c1-3-17-10-5-6-12-19(17)26-23(29)18-11-9-15-28(16-18)22-24(30-4-2)27-21-14-8-7-13-20(21)25-22/h5-8,10,12-14,18H,3-4,9,11,15-16H2,1-2H3,(H,26,29)/t18-/m1/s1. The van der Waals surface area contributed by atoms with Gasteiger partial charge in [-0.2, -0.15) is 0 Å². The molecule has 0 bridgehead atoms. The van der Waals surface area contributed by atoms with E-state index >= 15 is 0 Å². The third kappa shape index (κ3) is 4.22. The number of ether oxygens (including phenoxy) is 1. The second kappa shape index (κ2) is 9.11. The fourth-order valence-corrected chi connectivity index (χ4v) is 3.98. The molecule has 1 aliphatic rings. The first-order valence-electron chi connectivity index (χ1n) is 10.7. The zero-order chi connectivity index (χ0) is 20.9. The van der Waals surface area contributed by atoms with E-state index in [0.29, 0.717) is 19.0 Å². The first-order valence-corrected chi connectivity index (χ1v) is 10.7. The molecular formula is C24H28N4O2. The van der Waals surface area contributed by atoms with E-state index in [1.165, 1.54) is 0 Å². The fourth-order valence-electron chi connectivity index (χ4n) is 3.98. The first kappa shape index (κ1) is 20.1. The summed E-state index contributed by atoms with van der Waals surface area (Å²) in [7, 11) is 0. The molecule has 0 spiro atoms. The summed E-state index contributed by atoms with van der Waals surface area (Å²) in [5, 5.41) is 3.14. The van der Waals surface area contributed by atoms with Crippen LogP contribution in [0.25, 0.3) is 11.0 Å². The molecule has 0 aliphatic carbocycles. The van der Waals surface area contributed by atoms with E-state index in [-0.39, 0.29) is 11.8 Å². The second-order valence-electron chi connectivity index (χ2n) is 7.56. The van der Waals surface area contributed by atoms with Gasteiger partial charge in [-0.15, -0.1) is 0 Å². The molecule has 1 N–H and O–H groups in total. The number of hydrogen-bond donors (Lipinski definition) is 1. The van der Waals surface area contributed by atoms with E-state index in [0.717, 1.165) is 53.9 Å². The molecule has 1 fully saturated rings. The van der Waals surface area contributed by atoms with Gasteiger partial charge >= 0.3 is 0 Å². The maximum absolute atomic E-state index is 13.0. The highest BCUT2D eigenvalue weighted by molar-refractivity contribution is 5.93. The van der Waals surface area contributed by atoms with Crippen molar-refractivity contribution in [2.24, 2.45) is 5.92 Å². The van der Waals surface area contributed by atoms with Crippen molar-refractivity contribution in [2.45, 2.75) is 33.1 Å². The summed E-state index contributed by atoms with van der Waals surface area (Å²) in [5.41, 5.74) is 3.70. The summed E-state index contributed by atoms with van der Waals surface area (Å²) in [6.07, 6.45) is 2.67. The molecule has 30 heavy (non-hydrogen) atoms. The molecule has 0 saturated carbocycles. The van der Waals surface area contributed by atoms with Gasteiger partial charge in [0.25, 0.3) is 5.88 Å². The summed E-state index contributed by atoms with van der Waals surface area (Å²) >= 11 is 0. The zero-order valence-electron chi connectivity index (χ0n) is 17.6. The molecule has 6 nitrogen and oxygen atoms in total. The molecule has 6 heteroatoms. The highest BCUT2D eigenvalue weighted by Gasteiger charge is 2.29. The number of carbonyl (C=O) groups excluding carboxylic acids is 1. The maximum atomic E-state index is 13.0. The van der Waals surface area contributed by atoms with Crippen LogP contribution in [0, 0.1) is 5.92 Å². The third-order valence-corrected chi connectivity index (χ3v) is 5.55. The van der Waals surface area contributed by atoms with Crippen molar-refractivity contribution < 1.29 is 9.53 Å². The predicted octanol–water partition coefficient (Wildman–Crippen LogP) is 4.45. The number of fused-ring (bicyclic) bond motifs is 1. The molecule has 0 unspecified atom stereocenters. The number of hydrogen-bond acceptors (Lipinski definition) is 5. The molecule has 1 aromatic heterocycles. The van der Waals surface area contributed by atoms with E-state index < -0.39 is 0 Å². The Bertz CT molecular complexity index is 1040. The molecule has 1 saturated heterocycles. The number of carbonyl (C=O) groups is 1. The topological polar surface area (TPSA) is 67.4 Å². The van der Waals surface area contributed by atoms with Crippen molar-refractivity contribution in [3.8, 4) is 5.88 Å². The highest BCUT2D eigenvalue weighted by atomic mass is 16.5. The number of aryl methyl sites for hydroxylation is 1. The van der Waals surface area contributed by atoms with Gasteiger partial charge in [0.05, 0.1) is 23.6 Å². The summed E-state index contributed by atoms with van der Waals surface area (Å²) in [5.74, 6) is 1.22. The van der Waals surface area contributed by atoms with E-state index in [1.807, 2.05) is 49.4 Å². The SMILES string of the molecule is CCOc1nc2ccccc2nc1N1CCC[C@@H](C(=O)Nc2ccccc2CC)C1. The van der Waals surface area contributed by atoms with Crippen molar-refractivity contribution in [2.75, 3.05) is 29.9 Å². The summed E-state index contributed by atoms with van der Waals surface area (Å²) in [6.45, 7) is 6.00. The van der Waals surface area contributed by atoms with Crippen molar-refractivity contribution in [3.05, 3.63) is 54.1 Å². The number of amides is 1. The molecule has 156 valence electrons. The van der Waals surface area contributed by atoms with Crippen LogP contribution in [0.15, 0.2) is 48.5 Å². The lowest BCUT2D eigenvalue weighted by Crippen LogP contribution is -2.41. The molecule has 1 aliphatic heterocycles. The molecule has 2 aromatic carbocycles. The minimum absolute atomic E-state index is 0.0623. The minimum Gasteiger partial charge on any atom is -0.475 e. The average molecular weight is 405 g/mol. The van der Waals surface area contributed by atoms with Crippen LogP contribution in [0.3, 0.4) is 0 Å². The Morgan fingerprint density at radius 3 is 2.60 bits per heavy atom. The molecular weight excluding hydrogens is 376 g/mol. The molecule has 2 heterocycles. The van der Waals surface area contributed by atoms with E-state index in [9.17, 15) is 4.79 Å². The molecule has 4 rings (SSSR count). The van der Waals surface area contributed by atoms with Gasteiger partial charge in [0, 0.05) is 18.8 Å². The van der Waals surface area contributed by atoms with Gasteiger partial charge in [0.1, 0.15) is 0 Å². The number of para-hydroxylation sites is 3. The fraction of sp³-hybridized carbons (Fsp3) is 0.375. The quantitative estimate of drug-likeness (QED) is 0.658. The van der Waals surface area contributed by atoms with Gasteiger partial charge in [-0.05, 0) is 49.9 Å². The first-order chi connectivity index (χ1) is 14.7. The third-order valence-electron chi connectivity index (χ3n) is 5.55. The van der Waals surface area contributed by atoms with E-state index in [1.54, 1.807) is 0 Å². The lowest BCUT2D eigenvalue weighted by molar-refractivity contribution is -0.120. The van der Waals surface area contributed by atoms with Crippen LogP contribution in [0.2, 0.25) is 0 Å². The molecule has 1 amide bonds. The monoisotopic (exact) mass is 404 g/mol. The Balaban J connectivity index is 1.56. The smallest absolute Gasteiger partial charge is 0.258 e. The van der Waals surface area contributed by atoms with E-state index in [4.69, 9.17) is 9.72 Å². The number of rotatable bonds is 6. The summed E-state index contributed by atoms with van der Waals surface area (Å²) in [4.78, 5) is 24.7. The Hall–Kier alpha value is -3.15. The van der Waals surface area contributed by atoms with Gasteiger partial charge in [-0.1, -0.05) is 37.3 Å². The number of piperidine rings is 1. The molecule has 1 atom stereocenters. The van der Waals surface area contributed by atoms with Crippen molar-refractivity contribution in [1.82, 2.24) is 9.97 Å². The van der Waals surface area contributed by atoms with Crippen LogP contribution >= 0.6 is 0 Å². The summed E-state index contributed by atoms with van der Waals surface area (Å²) in [6, 6.07) is 15.8. The van der Waals surface area contributed by atoms with Crippen LogP contribution in [-0.2, 0) is 11.2 Å². The van der Waals surface area contributed by atoms with Crippen LogP contribution in [0.5, 0.6) is 5.88 Å². The van der Waals surface area contributed by atoms with Crippen LogP contribution < -0.4 is 15.0 Å². The second-order valence-corrected chi connectivity index (χ2v) is 7.56. The molecule has 0 radical (unpaired) electrons. The normalized spacial score (nSPS) is 16.5. The van der Waals surface area contributed by atoms with Crippen LogP contribution in [0.4, 0.5) is 11.5 Å². The largest absolute Gasteiger partial charge is 0.475 e. The Morgan fingerprint density at radius 2 is 1.83 bits per heavy atom. The van der Waals surface area contributed by atoms with Gasteiger partial charge < -0.3 is 15.0 Å². The Morgan fingerprint density at radius 1 is 1.10 bits per heavy atom. The van der Waals surface area contributed by atoms with Gasteiger partial charge in [0.2, 0.25) is 5.91 Å². The Labute approximate surface area is 177 Å². The van der Waals surface area contributed by atoms with Crippen molar-refractivity contribution >= 4 is 28.4 Å². The van der Waals surface area contributed by atoms with Gasteiger partial charge in [0.15, 0.2) is 5.82 Å². The number of nitrogens with one attached hydrogen (secondary N) is 1. The van der Waals surface area contributed by atoms with Crippen LogP contribution in [-0.4, -0.2) is 35.6 Å². The van der Waals surface area contributed by atoms with Crippen LogP contribution in [0.1, 0.15) is 32.3 Å². The number of nitrogens with zero attached hydrogens (tertiary/aromatic N) is 3. The highest BCUT2D eigenvalue weighted by Crippen LogP contribution is 2.31. The number of aromatic nitrogens is 2. The zero-order valence-corrected chi connectivity index (χ0v) is 17.6. The number of anilines is 2. The van der Waals surface area contributed by atoms with Gasteiger partial charge in [-0.25, -0.2) is 9.97 Å².